The summed E-state index contributed by atoms with van der Waals surface area (Å²) in [5, 5.41) is 11.7. The van der Waals surface area contributed by atoms with Gasteiger partial charge in [0.05, 0.1) is 11.3 Å². The smallest absolute Gasteiger partial charge is 0.248 e. The summed E-state index contributed by atoms with van der Waals surface area (Å²) in [4.78, 5) is 12.0. The first-order valence-electron chi connectivity index (χ1n) is 7.49. The summed E-state index contributed by atoms with van der Waals surface area (Å²) in [5.74, 6) is -0.257. The van der Waals surface area contributed by atoms with Gasteiger partial charge >= 0.3 is 0 Å². The van der Waals surface area contributed by atoms with Gasteiger partial charge in [-0.05, 0) is 34.8 Å². The molecule has 0 aromatic heterocycles. The number of nitrogens with one attached hydrogen (secondary N) is 1. The molecule has 3 nitrogen and oxygen atoms in total. The maximum absolute atomic E-state index is 12.0. The SMILES string of the molecule is CC(C)(C)c1ccc(C=CC(=O)Nc2ccccc2C#N)cc1. The van der Waals surface area contributed by atoms with Gasteiger partial charge in [-0.25, -0.2) is 0 Å². The zero-order valence-electron chi connectivity index (χ0n) is 13.6. The molecule has 2 aromatic rings. The minimum Gasteiger partial charge on any atom is -0.321 e. The van der Waals surface area contributed by atoms with E-state index >= 15 is 0 Å². The Balaban J connectivity index is 2.05. The van der Waals surface area contributed by atoms with Crippen LogP contribution in [0.1, 0.15) is 37.5 Å². The van der Waals surface area contributed by atoms with Gasteiger partial charge in [-0.1, -0.05) is 57.2 Å². The maximum Gasteiger partial charge on any atom is 0.248 e. The van der Waals surface area contributed by atoms with E-state index in [2.05, 4.69) is 44.3 Å². The lowest BCUT2D eigenvalue weighted by Crippen LogP contribution is -2.10. The molecule has 0 saturated carbocycles. The molecular weight excluding hydrogens is 284 g/mol. The highest BCUT2D eigenvalue weighted by molar-refractivity contribution is 6.02. The van der Waals surface area contributed by atoms with Crippen molar-refractivity contribution in [1.82, 2.24) is 0 Å². The second-order valence-electron chi connectivity index (χ2n) is 6.35. The van der Waals surface area contributed by atoms with E-state index in [9.17, 15) is 4.79 Å². The molecule has 0 aliphatic heterocycles. The van der Waals surface area contributed by atoms with Crippen LogP contribution in [0.5, 0.6) is 0 Å². The number of amides is 1. The lowest BCUT2D eigenvalue weighted by molar-refractivity contribution is -0.111. The van der Waals surface area contributed by atoms with Crippen molar-refractivity contribution in [3.05, 3.63) is 71.3 Å². The van der Waals surface area contributed by atoms with Crippen LogP contribution in [0, 0.1) is 11.3 Å². The number of para-hydroxylation sites is 1. The fourth-order valence-electron chi connectivity index (χ4n) is 2.13. The summed E-state index contributed by atoms with van der Waals surface area (Å²) >= 11 is 0. The van der Waals surface area contributed by atoms with E-state index in [-0.39, 0.29) is 11.3 Å². The number of nitrogens with zero attached hydrogens (tertiary/aromatic N) is 1. The second-order valence-corrected chi connectivity index (χ2v) is 6.35. The third-order valence-electron chi connectivity index (χ3n) is 3.51. The Morgan fingerprint density at radius 2 is 1.74 bits per heavy atom. The molecule has 1 N–H and O–H groups in total. The van der Waals surface area contributed by atoms with Gasteiger partial charge in [0.2, 0.25) is 5.91 Å². The Hall–Kier alpha value is -2.86. The van der Waals surface area contributed by atoms with Gasteiger partial charge in [-0.2, -0.15) is 5.26 Å². The topological polar surface area (TPSA) is 52.9 Å². The summed E-state index contributed by atoms with van der Waals surface area (Å²) in [6, 6.07) is 17.1. The highest BCUT2D eigenvalue weighted by Gasteiger charge is 2.12. The van der Waals surface area contributed by atoms with Crippen LogP contribution in [-0.4, -0.2) is 5.91 Å². The fourth-order valence-corrected chi connectivity index (χ4v) is 2.13. The Kier molecular flexibility index (Phi) is 4.98. The van der Waals surface area contributed by atoms with Crippen LogP contribution in [0.3, 0.4) is 0 Å². The maximum atomic E-state index is 12.0. The number of nitriles is 1. The average Bonchev–Trinajstić information content (AvgIpc) is 2.53. The molecule has 0 atom stereocenters. The third-order valence-corrected chi connectivity index (χ3v) is 3.51. The molecule has 0 heterocycles. The normalized spacial score (nSPS) is 11.2. The minimum absolute atomic E-state index is 0.112. The van der Waals surface area contributed by atoms with Crippen molar-refractivity contribution in [2.75, 3.05) is 5.32 Å². The van der Waals surface area contributed by atoms with Gasteiger partial charge in [-0.15, -0.1) is 0 Å². The van der Waals surface area contributed by atoms with Crippen molar-refractivity contribution in [2.45, 2.75) is 26.2 Å². The van der Waals surface area contributed by atoms with Gasteiger partial charge in [0, 0.05) is 6.08 Å². The Bertz CT molecular complexity index is 759. The first-order valence-corrected chi connectivity index (χ1v) is 7.49. The predicted octanol–water partition coefficient (Wildman–Crippen LogP) is 4.51. The average molecular weight is 304 g/mol. The van der Waals surface area contributed by atoms with Crippen molar-refractivity contribution in [2.24, 2.45) is 0 Å². The Morgan fingerprint density at radius 3 is 2.35 bits per heavy atom. The van der Waals surface area contributed by atoms with Crippen LogP contribution >= 0.6 is 0 Å². The zero-order chi connectivity index (χ0) is 16.9. The largest absolute Gasteiger partial charge is 0.321 e. The van der Waals surface area contributed by atoms with Crippen LogP contribution in [0.25, 0.3) is 6.08 Å². The van der Waals surface area contributed by atoms with E-state index in [0.717, 1.165) is 5.56 Å². The molecule has 0 fully saturated rings. The van der Waals surface area contributed by atoms with Crippen molar-refractivity contribution < 1.29 is 4.79 Å². The number of hydrogen-bond donors (Lipinski definition) is 1. The Morgan fingerprint density at radius 1 is 1.09 bits per heavy atom. The first kappa shape index (κ1) is 16.5. The molecule has 0 radical (unpaired) electrons. The van der Waals surface area contributed by atoms with Crippen LogP contribution in [0.2, 0.25) is 0 Å². The number of hydrogen-bond acceptors (Lipinski definition) is 2. The molecule has 1 amide bonds. The van der Waals surface area contributed by atoms with Gasteiger partial charge in [-0.3, -0.25) is 4.79 Å². The monoisotopic (exact) mass is 304 g/mol. The number of anilines is 1. The summed E-state index contributed by atoms with van der Waals surface area (Å²) in [6.07, 6.45) is 3.23. The molecule has 0 unspecified atom stereocenters. The highest BCUT2D eigenvalue weighted by atomic mass is 16.1. The number of carbonyl (C=O) groups excluding carboxylic acids is 1. The molecule has 0 aliphatic rings. The molecule has 116 valence electrons. The van der Waals surface area contributed by atoms with Gasteiger partial charge in [0.25, 0.3) is 0 Å². The van der Waals surface area contributed by atoms with E-state index in [1.54, 1.807) is 30.3 Å². The van der Waals surface area contributed by atoms with E-state index in [1.165, 1.54) is 11.6 Å². The Labute approximate surface area is 137 Å². The van der Waals surface area contributed by atoms with Gasteiger partial charge < -0.3 is 5.32 Å². The molecule has 2 aromatic carbocycles. The lowest BCUT2D eigenvalue weighted by atomic mass is 9.87. The molecule has 0 aliphatic carbocycles. The molecular formula is C20H20N2O. The summed E-state index contributed by atoms with van der Waals surface area (Å²) in [6.45, 7) is 6.49. The van der Waals surface area contributed by atoms with Crippen molar-refractivity contribution in [3.63, 3.8) is 0 Å². The van der Waals surface area contributed by atoms with E-state index in [4.69, 9.17) is 5.26 Å². The molecule has 23 heavy (non-hydrogen) atoms. The summed E-state index contributed by atoms with van der Waals surface area (Å²) in [5.41, 5.74) is 3.29. The molecule has 0 spiro atoms. The van der Waals surface area contributed by atoms with E-state index in [0.29, 0.717) is 11.3 Å². The molecule has 3 heteroatoms. The molecule has 0 saturated heterocycles. The van der Waals surface area contributed by atoms with E-state index < -0.39 is 0 Å². The van der Waals surface area contributed by atoms with Crippen molar-refractivity contribution in [3.8, 4) is 6.07 Å². The number of benzene rings is 2. The highest BCUT2D eigenvalue weighted by Crippen LogP contribution is 2.22. The molecule has 0 bridgehead atoms. The molecule has 2 rings (SSSR count). The minimum atomic E-state index is -0.257. The van der Waals surface area contributed by atoms with Crippen LogP contribution in [0.15, 0.2) is 54.6 Å². The zero-order valence-corrected chi connectivity index (χ0v) is 13.6. The standard InChI is InChI=1S/C20H20N2O/c1-20(2,3)17-11-8-15(9-12-17)10-13-19(23)22-18-7-5-4-6-16(18)14-21/h4-13H,1-3H3,(H,22,23). The van der Waals surface area contributed by atoms with Crippen LogP contribution in [-0.2, 0) is 10.2 Å². The second kappa shape index (κ2) is 6.93. The van der Waals surface area contributed by atoms with E-state index in [1.807, 2.05) is 12.1 Å². The summed E-state index contributed by atoms with van der Waals surface area (Å²) < 4.78 is 0. The van der Waals surface area contributed by atoms with Crippen LogP contribution < -0.4 is 5.32 Å². The third kappa shape index (κ3) is 4.55. The number of rotatable bonds is 3. The van der Waals surface area contributed by atoms with Crippen molar-refractivity contribution >= 4 is 17.7 Å². The van der Waals surface area contributed by atoms with Gasteiger partial charge in [0.1, 0.15) is 6.07 Å². The first-order chi connectivity index (χ1) is 10.9. The fraction of sp³-hybridized carbons (Fsp3) is 0.200. The van der Waals surface area contributed by atoms with Gasteiger partial charge in [0.15, 0.2) is 0 Å². The quantitative estimate of drug-likeness (QED) is 0.848. The predicted molar refractivity (Wildman–Crippen MR) is 94.0 cm³/mol. The number of carbonyl (C=O) groups is 1. The lowest BCUT2D eigenvalue weighted by Gasteiger charge is -2.18. The summed E-state index contributed by atoms with van der Waals surface area (Å²) in [7, 11) is 0. The van der Waals surface area contributed by atoms with Crippen LogP contribution in [0.4, 0.5) is 5.69 Å². The van der Waals surface area contributed by atoms with Crippen molar-refractivity contribution in [1.29, 1.82) is 5.26 Å².